The van der Waals surface area contributed by atoms with E-state index in [9.17, 15) is 4.79 Å². The van der Waals surface area contributed by atoms with Gasteiger partial charge in [0.25, 0.3) is 5.91 Å². The molecule has 0 saturated carbocycles. The molecular weight excluding hydrogens is 359 g/mol. The summed E-state index contributed by atoms with van der Waals surface area (Å²) < 4.78 is 0. The molecule has 1 fully saturated rings. The van der Waals surface area contributed by atoms with E-state index in [1.165, 1.54) is 5.69 Å². The van der Waals surface area contributed by atoms with Crippen molar-refractivity contribution in [2.24, 2.45) is 0 Å². The van der Waals surface area contributed by atoms with E-state index in [-0.39, 0.29) is 30.7 Å². The van der Waals surface area contributed by atoms with Crippen molar-refractivity contribution in [3.05, 3.63) is 29.8 Å². The zero-order valence-corrected chi connectivity index (χ0v) is 16.9. The molecule has 7 heteroatoms. The third-order valence-corrected chi connectivity index (χ3v) is 4.29. The van der Waals surface area contributed by atoms with Crippen LogP contribution >= 0.6 is 24.8 Å². The Kier molecular flexibility index (Phi) is 12.7. The highest BCUT2D eigenvalue weighted by Crippen LogP contribution is 2.15. The first-order valence-electron chi connectivity index (χ1n) is 8.81. The average molecular weight is 391 g/mol. The lowest BCUT2D eigenvalue weighted by atomic mass is 10.1. The summed E-state index contributed by atoms with van der Waals surface area (Å²) in [6.07, 6.45) is 1.13. The highest BCUT2D eigenvalue weighted by molar-refractivity contribution is 5.94. The second-order valence-corrected chi connectivity index (χ2v) is 5.97. The Morgan fingerprint density at radius 3 is 2.36 bits per heavy atom. The molecule has 1 aliphatic rings. The zero-order chi connectivity index (χ0) is 16.5. The Labute approximate surface area is 164 Å². The van der Waals surface area contributed by atoms with Crippen molar-refractivity contribution in [3.8, 4) is 0 Å². The first-order chi connectivity index (χ1) is 11.2. The lowest BCUT2D eigenvalue weighted by Crippen LogP contribution is -2.46. The normalized spacial score (nSPS) is 14.2. The molecule has 0 aromatic heterocycles. The molecule has 5 nitrogen and oxygen atoms in total. The van der Waals surface area contributed by atoms with Crippen LogP contribution in [0.4, 0.5) is 5.69 Å². The molecule has 0 atom stereocenters. The minimum absolute atomic E-state index is 0. The molecule has 2 rings (SSSR count). The summed E-state index contributed by atoms with van der Waals surface area (Å²) in [6, 6.07) is 7.94. The number of benzene rings is 1. The molecule has 1 aromatic carbocycles. The molecule has 0 spiro atoms. The molecule has 1 aromatic rings. The third kappa shape index (κ3) is 7.82. The molecule has 25 heavy (non-hydrogen) atoms. The van der Waals surface area contributed by atoms with Gasteiger partial charge in [0, 0.05) is 63.6 Å². The number of nitrogens with zero attached hydrogens (tertiary/aromatic N) is 2. The van der Waals surface area contributed by atoms with Crippen LogP contribution in [0.2, 0.25) is 0 Å². The lowest BCUT2D eigenvalue weighted by molar-refractivity contribution is 0.0947. The number of anilines is 1. The third-order valence-electron chi connectivity index (χ3n) is 4.29. The van der Waals surface area contributed by atoms with Crippen LogP contribution in [0, 0.1) is 0 Å². The Balaban J connectivity index is 0.00000288. The predicted octanol–water partition coefficient (Wildman–Crippen LogP) is 2.40. The quantitative estimate of drug-likeness (QED) is 0.715. The second-order valence-electron chi connectivity index (χ2n) is 5.97. The molecule has 1 aliphatic heterocycles. The smallest absolute Gasteiger partial charge is 0.251 e. The van der Waals surface area contributed by atoms with Gasteiger partial charge in [-0.1, -0.05) is 6.92 Å². The summed E-state index contributed by atoms with van der Waals surface area (Å²) in [7, 11) is 0. The molecule has 1 amide bonds. The van der Waals surface area contributed by atoms with Crippen LogP contribution in [-0.2, 0) is 0 Å². The van der Waals surface area contributed by atoms with Crippen LogP contribution in [0.3, 0.4) is 0 Å². The number of amides is 1. The number of rotatable bonds is 8. The topological polar surface area (TPSA) is 47.6 Å². The van der Waals surface area contributed by atoms with E-state index in [0.717, 1.165) is 57.8 Å². The van der Waals surface area contributed by atoms with Gasteiger partial charge in [-0.3, -0.25) is 9.69 Å². The van der Waals surface area contributed by atoms with Crippen molar-refractivity contribution in [2.75, 3.05) is 57.3 Å². The van der Waals surface area contributed by atoms with Gasteiger partial charge in [0.15, 0.2) is 0 Å². The SMILES string of the molecule is CCCN(CC)c1ccc(C(=O)NCCN2CCNCC2)cc1.Cl.Cl. The predicted molar refractivity (Wildman–Crippen MR) is 111 cm³/mol. The molecule has 0 bridgehead atoms. The summed E-state index contributed by atoms with van der Waals surface area (Å²) in [5.74, 6) is 0.0187. The first-order valence-corrected chi connectivity index (χ1v) is 8.81. The van der Waals surface area contributed by atoms with Crippen molar-refractivity contribution in [3.63, 3.8) is 0 Å². The van der Waals surface area contributed by atoms with Gasteiger partial charge in [-0.15, -0.1) is 24.8 Å². The van der Waals surface area contributed by atoms with Crippen molar-refractivity contribution in [1.29, 1.82) is 0 Å². The molecule has 2 N–H and O–H groups in total. The maximum atomic E-state index is 12.2. The van der Waals surface area contributed by atoms with Gasteiger partial charge in [-0.05, 0) is 37.6 Å². The van der Waals surface area contributed by atoms with Crippen LogP contribution in [0.1, 0.15) is 30.6 Å². The first kappa shape index (κ1) is 24.0. The summed E-state index contributed by atoms with van der Waals surface area (Å²) >= 11 is 0. The van der Waals surface area contributed by atoms with Gasteiger partial charge in [-0.2, -0.15) is 0 Å². The summed E-state index contributed by atoms with van der Waals surface area (Å²) in [6.45, 7) is 12.2. The van der Waals surface area contributed by atoms with Gasteiger partial charge >= 0.3 is 0 Å². The minimum Gasteiger partial charge on any atom is -0.372 e. The molecule has 144 valence electrons. The molecule has 0 unspecified atom stereocenters. The van der Waals surface area contributed by atoms with Gasteiger partial charge in [0.05, 0.1) is 0 Å². The van der Waals surface area contributed by atoms with Gasteiger partial charge in [0.1, 0.15) is 0 Å². The standard InChI is InChI=1S/C18H30N4O.2ClH/c1-3-12-22(4-2)17-7-5-16(6-8-17)18(23)20-11-15-21-13-9-19-10-14-21;;/h5-8,19H,3-4,9-15H2,1-2H3,(H,20,23);2*1H. The highest BCUT2D eigenvalue weighted by Gasteiger charge is 2.11. The highest BCUT2D eigenvalue weighted by atomic mass is 35.5. The molecule has 1 heterocycles. The largest absolute Gasteiger partial charge is 0.372 e. The number of carbonyl (C=O) groups is 1. The summed E-state index contributed by atoms with van der Waals surface area (Å²) in [5.41, 5.74) is 1.92. The monoisotopic (exact) mass is 390 g/mol. The van der Waals surface area contributed by atoms with Crippen LogP contribution in [-0.4, -0.2) is 63.2 Å². The Hall–Kier alpha value is -1.01. The number of hydrogen-bond acceptors (Lipinski definition) is 4. The number of halogens is 2. The van der Waals surface area contributed by atoms with Crippen LogP contribution in [0.25, 0.3) is 0 Å². The minimum atomic E-state index is 0. The van der Waals surface area contributed by atoms with Gasteiger partial charge in [0.2, 0.25) is 0 Å². The molecular formula is C18H32Cl2N4O. The van der Waals surface area contributed by atoms with Crippen LogP contribution in [0.5, 0.6) is 0 Å². The summed E-state index contributed by atoms with van der Waals surface area (Å²) in [5, 5.41) is 6.35. The summed E-state index contributed by atoms with van der Waals surface area (Å²) in [4.78, 5) is 16.9. The lowest BCUT2D eigenvalue weighted by Gasteiger charge is -2.27. The van der Waals surface area contributed by atoms with Crippen molar-refractivity contribution >= 4 is 36.4 Å². The van der Waals surface area contributed by atoms with E-state index in [2.05, 4.69) is 34.3 Å². The fourth-order valence-electron chi connectivity index (χ4n) is 2.93. The van der Waals surface area contributed by atoms with Crippen LogP contribution in [0.15, 0.2) is 24.3 Å². The van der Waals surface area contributed by atoms with E-state index in [1.54, 1.807) is 0 Å². The fourth-order valence-corrected chi connectivity index (χ4v) is 2.93. The number of nitrogens with one attached hydrogen (secondary N) is 2. The Morgan fingerprint density at radius 2 is 1.80 bits per heavy atom. The average Bonchev–Trinajstić information content (AvgIpc) is 2.60. The number of piperazine rings is 1. The van der Waals surface area contributed by atoms with Crippen molar-refractivity contribution < 1.29 is 4.79 Å². The molecule has 0 aliphatic carbocycles. The van der Waals surface area contributed by atoms with Crippen molar-refractivity contribution in [1.82, 2.24) is 15.5 Å². The second kappa shape index (κ2) is 13.2. The maximum Gasteiger partial charge on any atom is 0.251 e. The van der Waals surface area contributed by atoms with E-state index >= 15 is 0 Å². The Bertz CT molecular complexity index is 478. The maximum absolute atomic E-state index is 12.2. The fraction of sp³-hybridized carbons (Fsp3) is 0.611. The number of carbonyl (C=O) groups excluding carboxylic acids is 1. The van der Waals surface area contributed by atoms with E-state index in [0.29, 0.717) is 6.54 Å². The van der Waals surface area contributed by atoms with Gasteiger partial charge < -0.3 is 15.5 Å². The Morgan fingerprint density at radius 1 is 1.16 bits per heavy atom. The molecule has 1 saturated heterocycles. The van der Waals surface area contributed by atoms with E-state index < -0.39 is 0 Å². The van der Waals surface area contributed by atoms with Gasteiger partial charge in [-0.25, -0.2) is 0 Å². The van der Waals surface area contributed by atoms with E-state index in [1.807, 2.05) is 24.3 Å². The van der Waals surface area contributed by atoms with Crippen molar-refractivity contribution in [2.45, 2.75) is 20.3 Å². The molecule has 0 radical (unpaired) electrons. The zero-order valence-electron chi connectivity index (χ0n) is 15.3. The van der Waals surface area contributed by atoms with Crippen LogP contribution < -0.4 is 15.5 Å². The van der Waals surface area contributed by atoms with E-state index in [4.69, 9.17) is 0 Å². The number of hydrogen-bond donors (Lipinski definition) is 2.